The first kappa shape index (κ1) is 20.0. The van der Waals surface area contributed by atoms with Gasteiger partial charge in [-0.1, -0.05) is 12.1 Å². The van der Waals surface area contributed by atoms with Gasteiger partial charge in [-0.25, -0.2) is 9.97 Å². The van der Waals surface area contributed by atoms with Gasteiger partial charge in [-0.2, -0.15) is 0 Å². The lowest BCUT2D eigenvalue weighted by atomic mass is 10.1. The van der Waals surface area contributed by atoms with Crippen LogP contribution in [0.1, 0.15) is 15.9 Å². The predicted molar refractivity (Wildman–Crippen MR) is 132 cm³/mol. The van der Waals surface area contributed by atoms with Gasteiger partial charge in [0.25, 0.3) is 5.91 Å². The summed E-state index contributed by atoms with van der Waals surface area (Å²) in [7, 11) is 0. The van der Waals surface area contributed by atoms with Gasteiger partial charge in [0, 0.05) is 53.7 Å². The van der Waals surface area contributed by atoms with Gasteiger partial charge in [-0.05, 0) is 66.6 Å². The molecule has 0 bridgehead atoms. The number of rotatable bonds is 4. The molecule has 0 radical (unpaired) electrons. The fourth-order valence-corrected chi connectivity index (χ4v) is 4.27. The Morgan fingerprint density at radius 1 is 0.882 bits per heavy atom. The molecule has 2 aromatic carbocycles. The maximum Gasteiger partial charge on any atom is 0.259 e. The lowest BCUT2D eigenvalue weighted by Gasteiger charge is -2.18. The molecule has 0 unspecified atom stereocenters. The van der Waals surface area contributed by atoms with Crippen molar-refractivity contribution in [2.24, 2.45) is 0 Å². The van der Waals surface area contributed by atoms with Gasteiger partial charge in [0.15, 0.2) is 5.82 Å². The zero-order chi connectivity index (χ0) is 22.9. The zero-order valence-electron chi connectivity index (χ0n) is 18.2. The number of hydrogen-bond acceptors (Lipinski definition) is 6. The monoisotopic (exact) mass is 444 g/mol. The molecule has 1 amide bonds. The van der Waals surface area contributed by atoms with Crippen LogP contribution >= 0.6 is 0 Å². The standard InChI is InChI=1S/C27H20N6O/c34-27(20-4-3-12-29-17-20)33-15-11-19-16-21(7-8-24(19)33)30-26-22-5-1-2-6-23(22)31-25(32-26)18-9-13-28-14-10-18/h1-10,12-14,16-17H,11,15H2,(H,30,31,32). The molecule has 7 heteroatoms. The number of anilines is 3. The Bertz CT molecular complexity index is 1500. The van der Waals surface area contributed by atoms with E-state index in [-0.39, 0.29) is 5.91 Å². The van der Waals surface area contributed by atoms with Crippen molar-refractivity contribution in [1.82, 2.24) is 19.9 Å². The third-order valence-electron chi connectivity index (χ3n) is 5.93. The third-order valence-corrected chi connectivity index (χ3v) is 5.93. The number of hydrogen-bond donors (Lipinski definition) is 1. The summed E-state index contributed by atoms with van der Waals surface area (Å²) < 4.78 is 0. The van der Waals surface area contributed by atoms with Gasteiger partial charge in [-0.15, -0.1) is 0 Å². The van der Waals surface area contributed by atoms with Gasteiger partial charge >= 0.3 is 0 Å². The summed E-state index contributed by atoms with van der Waals surface area (Å²) in [5.41, 5.74) is 5.33. The highest BCUT2D eigenvalue weighted by Gasteiger charge is 2.26. The summed E-state index contributed by atoms with van der Waals surface area (Å²) in [6.07, 6.45) is 7.55. The van der Waals surface area contributed by atoms with Gasteiger partial charge in [-0.3, -0.25) is 14.8 Å². The first-order chi connectivity index (χ1) is 16.8. The third kappa shape index (κ3) is 3.63. The maximum absolute atomic E-state index is 13.0. The molecule has 5 aromatic rings. The molecule has 0 saturated heterocycles. The summed E-state index contributed by atoms with van der Waals surface area (Å²) in [4.78, 5) is 32.5. The maximum atomic E-state index is 13.0. The van der Waals surface area contributed by atoms with Crippen LogP contribution in [0.15, 0.2) is 91.5 Å². The van der Waals surface area contributed by atoms with Crippen LogP contribution < -0.4 is 10.2 Å². The minimum atomic E-state index is -0.0312. The molecular formula is C27H20N6O. The molecule has 0 saturated carbocycles. The average molecular weight is 444 g/mol. The van der Waals surface area contributed by atoms with E-state index in [4.69, 9.17) is 9.97 Å². The largest absolute Gasteiger partial charge is 0.340 e. The Labute approximate surface area is 196 Å². The van der Waals surface area contributed by atoms with Crippen LogP contribution in [0.4, 0.5) is 17.2 Å². The lowest BCUT2D eigenvalue weighted by molar-refractivity contribution is 0.0989. The molecule has 1 aliphatic heterocycles. The molecule has 4 heterocycles. The SMILES string of the molecule is O=C(c1cccnc1)N1CCc2cc(Nc3nc(-c4ccncc4)nc4ccccc34)ccc21. The average Bonchev–Trinajstić information content (AvgIpc) is 3.32. The van der Waals surface area contributed by atoms with Crippen molar-refractivity contribution in [2.75, 3.05) is 16.8 Å². The Kier molecular flexibility index (Phi) is 4.92. The first-order valence-corrected chi connectivity index (χ1v) is 11.1. The number of amides is 1. The van der Waals surface area contributed by atoms with Crippen molar-refractivity contribution in [1.29, 1.82) is 0 Å². The molecule has 0 fully saturated rings. The van der Waals surface area contributed by atoms with E-state index in [0.29, 0.717) is 17.9 Å². The number of pyridine rings is 2. The second kappa shape index (κ2) is 8.37. The molecule has 6 rings (SSSR count). The van der Waals surface area contributed by atoms with Crippen LogP contribution in [0.5, 0.6) is 0 Å². The first-order valence-electron chi connectivity index (χ1n) is 11.1. The fourth-order valence-electron chi connectivity index (χ4n) is 4.27. The van der Waals surface area contributed by atoms with Crippen LogP contribution in [0, 0.1) is 0 Å². The Balaban J connectivity index is 1.34. The van der Waals surface area contributed by atoms with Crippen LogP contribution in [0.25, 0.3) is 22.3 Å². The number of benzene rings is 2. The molecule has 1 aliphatic rings. The summed E-state index contributed by atoms with van der Waals surface area (Å²) in [6.45, 7) is 0.648. The number of aromatic nitrogens is 4. The minimum Gasteiger partial charge on any atom is -0.340 e. The summed E-state index contributed by atoms with van der Waals surface area (Å²) in [5.74, 6) is 1.34. The second-order valence-corrected chi connectivity index (χ2v) is 8.07. The summed E-state index contributed by atoms with van der Waals surface area (Å²) >= 11 is 0. The van der Waals surface area contributed by atoms with E-state index in [0.717, 1.165) is 45.6 Å². The Morgan fingerprint density at radius 3 is 2.62 bits per heavy atom. The molecular weight excluding hydrogens is 424 g/mol. The van der Waals surface area contributed by atoms with Crippen LogP contribution in [-0.2, 0) is 6.42 Å². The van der Waals surface area contributed by atoms with Gasteiger partial charge in [0.1, 0.15) is 5.82 Å². The lowest BCUT2D eigenvalue weighted by Crippen LogP contribution is -2.28. The van der Waals surface area contributed by atoms with Crippen LogP contribution in [0.2, 0.25) is 0 Å². The van der Waals surface area contributed by atoms with Gasteiger partial charge in [0.05, 0.1) is 11.1 Å². The number of nitrogens with one attached hydrogen (secondary N) is 1. The summed E-state index contributed by atoms with van der Waals surface area (Å²) in [6, 6.07) is 21.4. The van der Waals surface area contributed by atoms with E-state index < -0.39 is 0 Å². The highest BCUT2D eigenvalue weighted by atomic mass is 16.2. The Morgan fingerprint density at radius 2 is 1.76 bits per heavy atom. The molecule has 3 aromatic heterocycles. The number of carbonyl (C=O) groups is 1. The Hall–Kier alpha value is -4.65. The molecule has 1 N–H and O–H groups in total. The number of carbonyl (C=O) groups excluding carboxylic acids is 1. The van der Waals surface area contributed by atoms with Crippen molar-refractivity contribution in [3.05, 3.63) is 103 Å². The molecule has 164 valence electrons. The van der Waals surface area contributed by atoms with Crippen molar-refractivity contribution in [3.63, 3.8) is 0 Å². The highest BCUT2D eigenvalue weighted by Crippen LogP contribution is 2.33. The topological polar surface area (TPSA) is 83.9 Å². The normalized spacial score (nSPS) is 12.5. The van der Waals surface area contributed by atoms with E-state index >= 15 is 0 Å². The van der Waals surface area contributed by atoms with E-state index in [9.17, 15) is 4.79 Å². The quantitative estimate of drug-likeness (QED) is 0.418. The van der Waals surface area contributed by atoms with Crippen LogP contribution in [-0.4, -0.2) is 32.4 Å². The smallest absolute Gasteiger partial charge is 0.259 e. The molecule has 0 aliphatic carbocycles. The fraction of sp³-hybridized carbons (Fsp3) is 0.0741. The van der Waals surface area contributed by atoms with Crippen molar-refractivity contribution in [2.45, 2.75) is 6.42 Å². The van der Waals surface area contributed by atoms with Crippen LogP contribution in [0.3, 0.4) is 0 Å². The molecule has 0 atom stereocenters. The van der Waals surface area contributed by atoms with Gasteiger partial charge in [0.2, 0.25) is 0 Å². The molecule has 34 heavy (non-hydrogen) atoms. The minimum absolute atomic E-state index is 0.0312. The van der Waals surface area contributed by atoms with Crippen molar-refractivity contribution >= 4 is 34.0 Å². The van der Waals surface area contributed by atoms with E-state index in [2.05, 4.69) is 21.4 Å². The number of nitrogens with zero attached hydrogens (tertiary/aromatic N) is 5. The number of fused-ring (bicyclic) bond motifs is 2. The zero-order valence-corrected chi connectivity index (χ0v) is 18.2. The highest BCUT2D eigenvalue weighted by molar-refractivity contribution is 6.07. The number of para-hydroxylation sites is 1. The molecule has 7 nitrogen and oxygen atoms in total. The predicted octanol–water partition coefficient (Wildman–Crippen LogP) is 5.03. The molecule has 0 spiro atoms. The van der Waals surface area contributed by atoms with Gasteiger partial charge < -0.3 is 10.2 Å². The van der Waals surface area contributed by atoms with Crippen molar-refractivity contribution in [3.8, 4) is 11.4 Å². The second-order valence-electron chi connectivity index (χ2n) is 8.07. The van der Waals surface area contributed by atoms with E-state index in [1.54, 1.807) is 36.9 Å². The van der Waals surface area contributed by atoms with E-state index in [1.807, 2.05) is 53.4 Å². The summed E-state index contributed by atoms with van der Waals surface area (Å²) in [5, 5.41) is 4.42. The van der Waals surface area contributed by atoms with Crippen molar-refractivity contribution < 1.29 is 4.79 Å². The van der Waals surface area contributed by atoms with E-state index in [1.165, 1.54) is 0 Å².